The van der Waals surface area contributed by atoms with E-state index in [1.807, 2.05) is 0 Å². The van der Waals surface area contributed by atoms with E-state index in [2.05, 4.69) is 5.32 Å². The number of carbonyl (C=O) groups is 2. The van der Waals surface area contributed by atoms with Crippen LogP contribution in [0.2, 0.25) is 0 Å². The normalized spacial score (nSPS) is 10.1. The van der Waals surface area contributed by atoms with E-state index in [1.165, 1.54) is 31.4 Å². The number of hydrogen-bond acceptors (Lipinski definition) is 4. The standard InChI is InChI=1S/C16H15NO5/c1-9-3-5-11(8-12(9)16(20)21)17-13-7-10(15(18)19)4-6-14(13)22-2/h3-8,17H,1-2H3,(H,18,19)(H,20,21). The van der Waals surface area contributed by atoms with Crippen LogP contribution in [-0.4, -0.2) is 29.3 Å². The molecule has 114 valence electrons. The van der Waals surface area contributed by atoms with Gasteiger partial charge in [0.25, 0.3) is 0 Å². The molecule has 0 saturated heterocycles. The zero-order valence-corrected chi connectivity index (χ0v) is 12.1. The number of carboxylic acids is 2. The van der Waals surface area contributed by atoms with Gasteiger partial charge in [-0.2, -0.15) is 0 Å². The van der Waals surface area contributed by atoms with Crippen LogP contribution in [-0.2, 0) is 0 Å². The fraction of sp³-hybridized carbons (Fsp3) is 0.125. The van der Waals surface area contributed by atoms with Crippen molar-refractivity contribution in [3.63, 3.8) is 0 Å². The van der Waals surface area contributed by atoms with Crippen molar-refractivity contribution in [3.05, 3.63) is 53.1 Å². The highest BCUT2D eigenvalue weighted by molar-refractivity contribution is 5.92. The van der Waals surface area contributed by atoms with Crippen molar-refractivity contribution in [2.75, 3.05) is 12.4 Å². The van der Waals surface area contributed by atoms with E-state index >= 15 is 0 Å². The van der Waals surface area contributed by atoms with Gasteiger partial charge in [0.15, 0.2) is 0 Å². The van der Waals surface area contributed by atoms with Crippen molar-refractivity contribution in [1.29, 1.82) is 0 Å². The fourth-order valence-corrected chi connectivity index (χ4v) is 2.02. The Hall–Kier alpha value is -3.02. The van der Waals surface area contributed by atoms with Gasteiger partial charge in [0, 0.05) is 5.69 Å². The van der Waals surface area contributed by atoms with Crippen LogP contribution < -0.4 is 10.1 Å². The summed E-state index contributed by atoms with van der Waals surface area (Å²) >= 11 is 0. The first-order valence-corrected chi connectivity index (χ1v) is 6.44. The molecular formula is C16H15NO5. The summed E-state index contributed by atoms with van der Waals surface area (Å²) in [5, 5.41) is 21.2. The predicted octanol–water partition coefficient (Wildman–Crippen LogP) is 3.14. The maximum absolute atomic E-state index is 11.2. The second-order valence-corrected chi connectivity index (χ2v) is 4.68. The summed E-state index contributed by atoms with van der Waals surface area (Å²) in [6.07, 6.45) is 0. The largest absolute Gasteiger partial charge is 0.495 e. The molecular weight excluding hydrogens is 286 g/mol. The topological polar surface area (TPSA) is 95.9 Å². The lowest BCUT2D eigenvalue weighted by atomic mass is 10.1. The first kappa shape index (κ1) is 15.4. The molecule has 6 heteroatoms. The first-order valence-electron chi connectivity index (χ1n) is 6.44. The molecule has 0 atom stereocenters. The van der Waals surface area contributed by atoms with Gasteiger partial charge in [0.05, 0.1) is 23.9 Å². The second-order valence-electron chi connectivity index (χ2n) is 4.68. The van der Waals surface area contributed by atoms with Crippen molar-refractivity contribution < 1.29 is 24.5 Å². The van der Waals surface area contributed by atoms with Gasteiger partial charge in [-0.05, 0) is 42.8 Å². The third-order valence-electron chi connectivity index (χ3n) is 3.19. The Labute approximate surface area is 127 Å². The van der Waals surface area contributed by atoms with Crippen LogP contribution in [0.3, 0.4) is 0 Å². The van der Waals surface area contributed by atoms with Gasteiger partial charge in [0.1, 0.15) is 5.75 Å². The van der Waals surface area contributed by atoms with Gasteiger partial charge in [-0.15, -0.1) is 0 Å². The van der Waals surface area contributed by atoms with Crippen LogP contribution in [0.25, 0.3) is 0 Å². The summed E-state index contributed by atoms with van der Waals surface area (Å²) in [6, 6.07) is 9.29. The van der Waals surface area contributed by atoms with Crippen LogP contribution >= 0.6 is 0 Å². The van der Waals surface area contributed by atoms with E-state index < -0.39 is 11.9 Å². The number of benzene rings is 2. The zero-order chi connectivity index (χ0) is 16.3. The molecule has 0 aliphatic rings. The molecule has 0 amide bonds. The number of aryl methyl sites for hydroxylation is 1. The molecule has 2 rings (SSSR count). The van der Waals surface area contributed by atoms with Crippen LogP contribution in [0.5, 0.6) is 5.75 Å². The van der Waals surface area contributed by atoms with E-state index in [-0.39, 0.29) is 11.1 Å². The zero-order valence-electron chi connectivity index (χ0n) is 12.1. The molecule has 0 radical (unpaired) electrons. The van der Waals surface area contributed by atoms with Gasteiger partial charge in [-0.25, -0.2) is 9.59 Å². The predicted molar refractivity (Wildman–Crippen MR) is 81.4 cm³/mol. The minimum Gasteiger partial charge on any atom is -0.495 e. The lowest BCUT2D eigenvalue weighted by Crippen LogP contribution is -2.03. The number of hydrogen-bond donors (Lipinski definition) is 3. The molecule has 0 bridgehead atoms. The Balaban J connectivity index is 2.41. The van der Waals surface area contributed by atoms with Crippen LogP contribution in [0.1, 0.15) is 26.3 Å². The highest BCUT2D eigenvalue weighted by atomic mass is 16.5. The number of carboxylic acid groups (broad SMARTS) is 2. The van der Waals surface area contributed by atoms with Crippen molar-refractivity contribution in [3.8, 4) is 5.75 Å². The monoisotopic (exact) mass is 301 g/mol. The van der Waals surface area contributed by atoms with Gasteiger partial charge < -0.3 is 20.3 Å². The van der Waals surface area contributed by atoms with Gasteiger partial charge in [0.2, 0.25) is 0 Å². The van der Waals surface area contributed by atoms with Gasteiger partial charge in [-0.3, -0.25) is 0 Å². The van der Waals surface area contributed by atoms with Crippen LogP contribution in [0, 0.1) is 6.92 Å². The van der Waals surface area contributed by atoms with Gasteiger partial charge >= 0.3 is 11.9 Å². The summed E-state index contributed by atoms with van der Waals surface area (Å²) in [5.74, 6) is -1.62. The lowest BCUT2D eigenvalue weighted by molar-refractivity contribution is 0.0685. The summed E-state index contributed by atoms with van der Waals surface area (Å²) in [4.78, 5) is 22.2. The van der Waals surface area contributed by atoms with E-state index in [9.17, 15) is 9.59 Å². The number of aromatic carboxylic acids is 2. The molecule has 0 aromatic heterocycles. The summed E-state index contributed by atoms with van der Waals surface area (Å²) in [5.41, 5.74) is 1.91. The van der Waals surface area contributed by atoms with Crippen LogP contribution in [0.15, 0.2) is 36.4 Å². The van der Waals surface area contributed by atoms with E-state index in [0.29, 0.717) is 22.7 Å². The quantitative estimate of drug-likeness (QED) is 0.785. The Morgan fingerprint density at radius 2 is 1.77 bits per heavy atom. The SMILES string of the molecule is COc1ccc(C(=O)O)cc1Nc1ccc(C)c(C(=O)O)c1. The summed E-state index contributed by atoms with van der Waals surface area (Å²) < 4.78 is 5.18. The summed E-state index contributed by atoms with van der Waals surface area (Å²) in [7, 11) is 1.47. The molecule has 0 unspecified atom stereocenters. The Kier molecular flexibility index (Phi) is 4.31. The van der Waals surface area contributed by atoms with Crippen molar-refractivity contribution >= 4 is 23.3 Å². The van der Waals surface area contributed by atoms with Gasteiger partial charge in [-0.1, -0.05) is 6.07 Å². The lowest BCUT2D eigenvalue weighted by Gasteiger charge is -2.13. The minimum atomic E-state index is -1.05. The fourth-order valence-electron chi connectivity index (χ4n) is 2.02. The van der Waals surface area contributed by atoms with Crippen molar-refractivity contribution in [1.82, 2.24) is 0 Å². The summed E-state index contributed by atoms with van der Waals surface area (Å²) in [6.45, 7) is 1.71. The van der Waals surface area contributed by atoms with Crippen molar-refractivity contribution in [2.45, 2.75) is 6.92 Å². The molecule has 22 heavy (non-hydrogen) atoms. The molecule has 6 nitrogen and oxygen atoms in total. The molecule has 0 spiro atoms. The minimum absolute atomic E-state index is 0.105. The maximum Gasteiger partial charge on any atom is 0.336 e. The molecule has 0 saturated carbocycles. The van der Waals surface area contributed by atoms with E-state index in [1.54, 1.807) is 19.1 Å². The molecule has 2 aromatic rings. The average Bonchev–Trinajstić information content (AvgIpc) is 2.48. The highest BCUT2D eigenvalue weighted by Gasteiger charge is 2.11. The molecule has 0 heterocycles. The third kappa shape index (κ3) is 3.17. The Bertz CT molecular complexity index is 739. The number of nitrogens with one attached hydrogen (secondary N) is 1. The second kappa shape index (κ2) is 6.17. The Morgan fingerprint density at radius 1 is 1.05 bits per heavy atom. The average molecular weight is 301 g/mol. The number of methoxy groups -OCH3 is 1. The van der Waals surface area contributed by atoms with E-state index in [4.69, 9.17) is 14.9 Å². The van der Waals surface area contributed by atoms with Crippen LogP contribution in [0.4, 0.5) is 11.4 Å². The highest BCUT2D eigenvalue weighted by Crippen LogP contribution is 2.29. The first-order chi connectivity index (χ1) is 10.4. The maximum atomic E-state index is 11.2. The molecule has 0 aliphatic heterocycles. The number of ether oxygens (including phenoxy) is 1. The third-order valence-corrected chi connectivity index (χ3v) is 3.19. The number of anilines is 2. The van der Waals surface area contributed by atoms with Crippen molar-refractivity contribution in [2.24, 2.45) is 0 Å². The Morgan fingerprint density at radius 3 is 2.36 bits per heavy atom. The smallest absolute Gasteiger partial charge is 0.336 e. The molecule has 0 fully saturated rings. The molecule has 3 N–H and O–H groups in total. The molecule has 0 aliphatic carbocycles. The van der Waals surface area contributed by atoms with E-state index in [0.717, 1.165) is 0 Å². The molecule has 2 aromatic carbocycles. The number of rotatable bonds is 5.